The molecule has 96 valence electrons. The van der Waals surface area contributed by atoms with Crippen LogP contribution in [-0.4, -0.2) is 30.1 Å². The SMILES string of the molecule is CCN(CC(N)=O)c1ccccc1/C=C/C(=O)O. The highest BCUT2D eigenvalue weighted by molar-refractivity contribution is 5.87. The number of para-hydroxylation sites is 1. The predicted octanol–water partition coefficient (Wildman–Crippen LogP) is 1.10. The van der Waals surface area contributed by atoms with Gasteiger partial charge in [0, 0.05) is 18.3 Å². The number of hydrogen-bond acceptors (Lipinski definition) is 3. The molecular weight excluding hydrogens is 232 g/mol. The average Bonchev–Trinajstić information content (AvgIpc) is 2.33. The van der Waals surface area contributed by atoms with Gasteiger partial charge in [0.15, 0.2) is 0 Å². The number of anilines is 1. The Hall–Kier alpha value is -2.30. The van der Waals surface area contributed by atoms with E-state index in [-0.39, 0.29) is 6.54 Å². The summed E-state index contributed by atoms with van der Waals surface area (Å²) in [6.07, 6.45) is 2.57. The predicted molar refractivity (Wildman–Crippen MR) is 70.2 cm³/mol. The molecule has 0 bridgehead atoms. The lowest BCUT2D eigenvalue weighted by Gasteiger charge is -2.23. The zero-order valence-corrected chi connectivity index (χ0v) is 10.2. The zero-order chi connectivity index (χ0) is 13.5. The van der Waals surface area contributed by atoms with Crippen molar-refractivity contribution in [1.29, 1.82) is 0 Å². The Morgan fingerprint density at radius 3 is 2.61 bits per heavy atom. The second kappa shape index (κ2) is 6.44. The average molecular weight is 248 g/mol. The van der Waals surface area contributed by atoms with Gasteiger partial charge in [0.05, 0.1) is 6.54 Å². The first kappa shape index (κ1) is 13.8. The first-order valence-electron chi connectivity index (χ1n) is 5.58. The maximum absolute atomic E-state index is 11.0. The molecule has 0 radical (unpaired) electrons. The number of carboxylic acids is 1. The summed E-state index contributed by atoms with van der Waals surface area (Å²) in [6, 6.07) is 7.26. The molecule has 0 fully saturated rings. The van der Waals surface area contributed by atoms with Gasteiger partial charge in [0.25, 0.3) is 0 Å². The molecule has 18 heavy (non-hydrogen) atoms. The Balaban J connectivity index is 3.06. The van der Waals surface area contributed by atoms with Gasteiger partial charge >= 0.3 is 5.97 Å². The second-order valence-electron chi connectivity index (χ2n) is 3.71. The van der Waals surface area contributed by atoms with E-state index in [0.29, 0.717) is 6.54 Å². The first-order chi connectivity index (χ1) is 8.54. The van der Waals surface area contributed by atoms with E-state index in [0.717, 1.165) is 17.3 Å². The molecular formula is C13H16N2O3. The Bertz CT molecular complexity index is 469. The number of hydrogen-bond donors (Lipinski definition) is 2. The van der Waals surface area contributed by atoms with Crippen LogP contribution in [0.5, 0.6) is 0 Å². The number of likely N-dealkylation sites (N-methyl/N-ethyl adjacent to an activating group) is 1. The van der Waals surface area contributed by atoms with Crippen molar-refractivity contribution in [2.45, 2.75) is 6.92 Å². The number of primary amides is 1. The van der Waals surface area contributed by atoms with Gasteiger partial charge in [0.2, 0.25) is 5.91 Å². The van der Waals surface area contributed by atoms with Crippen molar-refractivity contribution in [3.63, 3.8) is 0 Å². The van der Waals surface area contributed by atoms with E-state index in [9.17, 15) is 9.59 Å². The third kappa shape index (κ3) is 3.93. The number of benzene rings is 1. The molecule has 0 atom stereocenters. The minimum atomic E-state index is -1.01. The summed E-state index contributed by atoms with van der Waals surface area (Å²) < 4.78 is 0. The van der Waals surface area contributed by atoms with Crippen LogP contribution in [0.3, 0.4) is 0 Å². The van der Waals surface area contributed by atoms with Gasteiger partial charge in [-0.1, -0.05) is 18.2 Å². The molecule has 1 rings (SSSR count). The van der Waals surface area contributed by atoms with E-state index >= 15 is 0 Å². The van der Waals surface area contributed by atoms with Gasteiger partial charge in [-0.05, 0) is 24.6 Å². The van der Waals surface area contributed by atoms with E-state index in [1.807, 2.05) is 25.1 Å². The van der Waals surface area contributed by atoms with Crippen LogP contribution in [0.4, 0.5) is 5.69 Å². The monoisotopic (exact) mass is 248 g/mol. The van der Waals surface area contributed by atoms with Gasteiger partial charge in [-0.2, -0.15) is 0 Å². The summed E-state index contributed by atoms with van der Waals surface area (Å²) in [4.78, 5) is 23.3. The van der Waals surface area contributed by atoms with Crippen LogP contribution in [0.2, 0.25) is 0 Å². The van der Waals surface area contributed by atoms with E-state index < -0.39 is 11.9 Å². The molecule has 0 aliphatic rings. The van der Waals surface area contributed by atoms with Crippen molar-refractivity contribution >= 4 is 23.6 Å². The summed E-state index contributed by atoms with van der Waals surface area (Å²) in [7, 11) is 0. The number of carbonyl (C=O) groups excluding carboxylic acids is 1. The van der Waals surface area contributed by atoms with E-state index in [4.69, 9.17) is 10.8 Å². The minimum Gasteiger partial charge on any atom is -0.478 e. The number of rotatable bonds is 6. The highest BCUT2D eigenvalue weighted by Crippen LogP contribution is 2.21. The molecule has 0 saturated carbocycles. The molecule has 1 aromatic rings. The summed E-state index contributed by atoms with van der Waals surface area (Å²) in [5.74, 6) is -1.43. The number of nitrogens with two attached hydrogens (primary N) is 1. The van der Waals surface area contributed by atoms with Crippen molar-refractivity contribution in [1.82, 2.24) is 0 Å². The Morgan fingerprint density at radius 1 is 1.39 bits per heavy atom. The molecule has 3 N–H and O–H groups in total. The molecule has 0 aromatic heterocycles. The van der Waals surface area contributed by atoms with Gasteiger partial charge in [-0.3, -0.25) is 4.79 Å². The van der Waals surface area contributed by atoms with Gasteiger partial charge in [0.1, 0.15) is 0 Å². The fourth-order valence-electron chi connectivity index (χ4n) is 1.63. The van der Waals surface area contributed by atoms with E-state index in [1.54, 1.807) is 11.0 Å². The third-order valence-electron chi connectivity index (χ3n) is 2.41. The quantitative estimate of drug-likeness (QED) is 0.738. The molecule has 0 aliphatic heterocycles. The van der Waals surface area contributed by atoms with E-state index in [1.165, 1.54) is 6.08 Å². The molecule has 0 spiro atoms. The molecule has 0 unspecified atom stereocenters. The Morgan fingerprint density at radius 2 is 2.06 bits per heavy atom. The fraction of sp³-hybridized carbons (Fsp3) is 0.231. The first-order valence-corrected chi connectivity index (χ1v) is 5.58. The smallest absolute Gasteiger partial charge is 0.328 e. The van der Waals surface area contributed by atoms with Crippen LogP contribution in [0.1, 0.15) is 12.5 Å². The van der Waals surface area contributed by atoms with Crippen LogP contribution in [0, 0.1) is 0 Å². The maximum atomic E-state index is 11.0. The topological polar surface area (TPSA) is 83.6 Å². The summed E-state index contributed by atoms with van der Waals surface area (Å²) in [6.45, 7) is 2.62. The van der Waals surface area contributed by atoms with Crippen molar-refractivity contribution in [3.05, 3.63) is 35.9 Å². The number of nitrogens with zero attached hydrogens (tertiary/aromatic N) is 1. The Labute approximate surface area is 106 Å². The third-order valence-corrected chi connectivity index (χ3v) is 2.41. The molecule has 5 nitrogen and oxygen atoms in total. The van der Waals surface area contributed by atoms with Gasteiger partial charge < -0.3 is 15.7 Å². The number of carboxylic acid groups (broad SMARTS) is 1. The largest absolute Gasteiger partial charge is 0.478 e. The van der Waals surface area contributed by atoms with Gasteiger partial charge in [-0.25, -0.2) is 4.79 Å². The van der Waals surface area contributed by atoms with Crippen molar-refractivity contribution in [2.24, 2.45) is 5.73 Å². The molecule has 0 saturated heterocycles. The molecule has 1 aromatic carbocycles. The maximum Gasteiger partial charge on any atom is 0.328 e. The molecule has 0 aliphatic carbocycles. The number of aliphatic carboxylic acids is 1. The normalized spacial score (nSPS) is 10.5. The number of carbonyl (C=O) groups is 2. The van der Waals surface area contributed by atoms with Crippen LogP contribution in [0.25, 0.3) is 6.08 Å². The van der Waals surface area contributed by atoms with Crippen LogP contribution >= 0.6 is 0 Å². The number of amides is 1. The van der Waals surface area contributed by atoms with Gasteiger partial charge in [-0.15, -0.1) is 0 Å². The minimum absolute atomic E-state index is 0.106. The van der Waals surface area contributed by atoms with Crippen LogP contribution in [0.15, 0.2) is 30.3 Å². The Kier molecular flexibility index (Phi) is 4.92. The van der Waals surface area contributed by atoms with E-state index in [2.05, 4.69) is 0 Å². The summed E-state index contributed by atoms with van der Waals surface area (Å²) in [5.41, 5.74) is 6.71. The van der Waals surface area contributed by atoms with Crippen LogP contribution < -0.4 is 10.6 Å². The highest BCUT2D eigenvalue weighted by atomic mass is 16.4. The van der Waals surface area contributed by atoms with Crippen molar-refractivity contribution < 1.29 is 14.7 Å². The van der Waals surface area contributed by atoms with Crippen LogP contribution in [-0.2, 0) is 9.59 Å². The molecule has 5 heteroatoms. The highest BCUT2D eigenvalue weighted by Gasteiger charge is 2.10. The van der Waals surface area contributed by atoms with Crippen molar-refractivity contribution in [2.75, 3.05) is 18.0 Å². The molecule has 0 heterocycles. The lowest BCUT2D eigenvalue weighted by Crippen LogP contribution is -2.33. The summed E-state index contributed by atoms with van der Waals surface area (Å²) in [5, 5.41) is 8.63. The lowest BCUT2D eigenvalue weighted by atomic mass is 10.1. The molecule has 1 amide bonds. The second-order valence-corrected chi connectivity index (χ2v) is 3.71. The standard InChI is InChI=1S/C13H16N2O3/c1-2-15(9-12(14)16)11-6-4-3-5-10(11)7-8-13(17)18/h3-8H,2,9H2,1H3,(H2,14,16)(H,17,18)/b8-7+. The zero-order valence-electron chi connectivity index (χ0n) is 10.2. The van der Waals surface area contributed by atoms with Crippen molar-refractivity contribution in [3.8, 4) is 0 Å². The fourth-order valence-corrected chi connectivity index (χ4v) is 1.63. The lowest BCUT2D eigenvalue weighted by molar-refractivity contribution is -0.131. The summed E-state index contributed by atoms with van der Waals surface area (Å²) >= 11 is 0.